The maximum Gasteiger partial charge on any atom is 0.332 e. The summed E-state index contributed by atoms with van der Waals surface area (Å²) in [4.78, 5) is 39.2. The van der Waals surface area contributed by atoms with Crippen LogP contribution in [-0.2, 0) is 33.3 Å². The lowest BCUT2D eigenvalue weighted by Crippen LogP contribution is -2.52. The molecular formula is C28H34O8. The molecule has 2 unspecified atom stereocenters. The summed E-state index contributed by atoms with van der Waals surface area (Å²) in [5.74, 6) is -0.260. The first-order valence-corrected chi connectivity index (χ1v) is 12.7. The van der Waals surface area contributed by atoms with Crippen LogP contribution >= 0.6 is 0 Å². The van der Waals surface area contributed by atoms with E-state index in [1.54, 1.807) is 13.0 Å². The third-order valence-corrected chi connectivity index (χ3v) is 9.64. The number of hydrogen-bond donors (Lipinski definition) is 1. The Morgan fingerprint density at radius 3 is 2.86 bits per heavy atom. The first-order valence-electron chi connectivity index (χ1n) is 12.7. The molecule has 36 heavy (non-hydrogen) atoms. The summed E-state index contributed by atoms with van der Waals surface area (Å²) in [7, 11) is 1.34. The number of hydrogen-bond acceptors (Lipinski definition) is 8. The summed E-state index contributed by atoms with van der Waals surface area (Å²) in [6.07, 6.45) is 12.1. The van der Waals surface area contributed by atoms with Crippen LogP contribution in [0.4, 0.5) is 0 Å². The van der Waals surface area contributed by atoms with Gasteiger partial charge in [-0.15, -0.1) is 12.3 Å². The summed E-state index contributed by atoms with van der Waals surface area (Å²) in [6.45, 7) is 5.81. The average Bonchev–Trinajstić information content (AvgIpc) is 3.26. The van der Waals surface area contributed by atoms with Gasteiger partial charge >= 0.3 is 17.9 Å². The van der Waals surface area contributed by atoms with Crippen LogP contribution in [0.2, 0.25) is 0 Å². The first kappa shape index (κ1) is 25.0. The summed E-state index contributed by atoms with van der Waals surface area (Å²) in [5, 5.41) is 11.3. The summed E-state index contributed by atoms with van der Waals surface area (Å²) in [5.41, 5.74) is -3.13. The Bertz CT molecular complexity index is 1070. The highest BCUT2D eigenvalue weighted by atomic mass is 16.6. The smallest absolute Gasteiger partial charge is 0.332 e. The van der Waals surface area contributed by atoms with Crippen molar-refractivity contribution in [2.24, 2.45) is 28.6 Å². The Hall–Kier alpha value is -2.63. The van der Waals surface area contributed by atoms with E-state index in [9.17, 15) is 19.5 Å². The van der Waals surface area contributed by atoms with Crippen LogP contribution in [0.15, 0.2) is 24.3 Å². The third kappa shape index (κ3) is 3.18. The standard InChI is InChI=1S/C28H34O8/c1-5-6-7-8-13-34-20(29)15-35-19-10-12-28-18-9-11-27(32)16-26(18,14-17(27)2)21(23(30)33-4)22(28)25(19,3)24(31)36-28/h1,10,12,18-19,21-22,32H,2,6-9,11,13-16H2,3-4H3/t18?,19-,21+,22?,25+,26-,27-,28+/m0/s1. The lowest BCUT2D eigenvalue weighted by molar-refractivity contribution is -0.169. The largest absolute Gasteiger partial charge is 0.469 e. The molecule has 0 aromatic heterocycles. The van der Waals surface area contributed by atoms with E-state index in [2.05, 4.69) is 12.5 Å². The molecule has 1 heterocycles. The predicted molar refractivity (Wildman–Crippen MR) is 127 cm³/mol. The predicted octanol–water partition coefficient (Wildman–Crippen LogP) is 2.49. The van der Waals surface area contributed by atoms with Gasteiger partial charge in [0.15, 0.2) is 0 Å². The fourth-order valence-electron chi connectivity index (χ4n) is 8.17. The van der Waals surface area contributed by atoms with Crippen LogP contribution in [0.25, 0.3) is 0 Å². The van der Waals surface area contributed by atoms with Gasteiger partial charge in [0.25, 0.3) is 0 Å². The van der Waals surface area contributed by atoms with Crippen molar-refractivity contribution < 1.29 is 38.4 Å². The zero-order valence-electron chi connectivity index (χ0n) is 20.9. The molecular weight excluding hydrogens is 464 g/mol. The third-order valence-electron chi connectivity index (χ3n) is 9.64. The highest BCUT2D eigenvalue weighted by Gasteiger charge is 2.83. The van der Waals surface area contributed by atoms with Crippen molar-refractivity contribution in [2.45, 2.75) is 69.2 Å². The molecule has 4 fully saturated rings. The molecule has 1 saturated heterocycles. The highest BCUT2D eigenvalue weighted by Crippen LogP contribution is 2.77. The van der Waals surface area contributed by atoms with Gasteiger partial charge < -0.3 is 24.1 Å². The Labute approximate surface area is 211 Å². The molecule has 8 heteroatoms. The second kappa shape index (κ2) is 8.46. The molecule has 8 nitrogen and oxygen atoms in total. The molecule has 1 N–H and O–H groups in total. The maximum absolute atomic E-state index is 13.5. The summed E-state index contributed by atoms with van der Waals surface area (Å²) >= 11 is 0. The van der Waals surface area contributed by atoms with Gasteiger partial charge in [0.05, 0.1) is 31.3 Å². The van der Waals surface area contributed by atoms with Crippen molar-refractivity contribution in [1.29, 1.82) is 0 Å². The van der Waals surface area contributed by atoms with Gasteiger partial charge in [-0.25, -0.2) is 4.79 Å². The number of fused-ring (bicyclic) bond motifs is 1. The molecule has 0 amide bonds. The van der Waals surface area contributed by atoms with Gasteiger partial charge in [-0.1, -0.05) is 12.7 Å². The van der Waals surface area contributed by atoms with Crippen LogP contribution < -0.4 is 0 Å². The SMILES string of the molecule is C#CCCCCOC(=O)CO[C@H]1C=C[C@]23OC(=O)[C@@]1(C)C2[C@H](C(=O)OC)[C@]12CC(=C)[C@](O)(CCC31)C2. The minimum atomic E-state index is -1.21. The molecule has 0 radical (unpaired) electrons. The molecule has 8 atom stereocenters. The number of terminal acetylenes is 1. The van der Waals surface area contributed by atoms with Gasteiger partial charge in [0.2, 0.25) is 0 Å². The Kier molecular flexibility index (Phi) is 5.88. The van der Waals surface area contributed by atoms with Crippen molar-refractivity contribution in [1.82, 2.24) is 0 Å². The topological polar surface area (TPSA) is 108 Å². The van der Waals surface area contributed by atoms with E-state index in [-0.39, 0.29) is 19.1 Å². The maximum atomic E-state index is 13.5. The number of rotatable bonds is 8. The van der Waals surface area contributed by atoms with E-state index in [0.717, 1.165) is 12.0 Å². The van der Waals surface area contributed by atoms with E-state index in [0.29, 0.717) is 38.5 Å². The monoisotopic (exact) mass is 498 g/mol. The lowest BCUT2D eigenvalue weighted by Gasteiger charge is -2.44. The number of unbranched alkanes of at least 4 members (excludes halogenated alkanes) is 2. The van der Waals surface area contributed by atoms with Crippen molar-refractivity contribution in [2.75, 3.05) is 20.3 Å². The van der Waals surface area contributed by atoms with Crippen molar-refractivity contribution in [3.8, 4) is 12.3 Å². The van der Waals surface area contributed by atoms with Crippen LogP contribution in [0, 0.1) is 40.9 Å². The summed E-state index contributed by atoms with van der Waals surface area (Å²) in [6, 6.07) is 0. The molecule has 5 aliphatic rings. The number of carbonyl (C=O) groups is 3. The number of esters is 3. The molecule has 3 saturated carbocycles. The molecule has 5 rings (SSSR count). The second-order valence-electron chi connectivity index (χ2n) is 11.3. The number of carbonyl (C=O) groups excluding carboxylic acids is 3. The zero-order valence-corrected chi connectivity index (χ0v) is 20.9. The van der Waals surface area contributed by atoms with E-state index in [1.165, 1.54) is 7.11 Å². The van der Waals surface area contributed by atoms with Crippen LogP contribution in [0.3, 0.4) is 0 Å². The Morgan fingerprint density at radius 1 is 1.36 bits per heavy atom. The quantitative estimate of drug-likeness (QED) is 0.179. The van der Waals surface area contributed by atoms with Crippen LogP contribution in [0.5, 0.6) is 0 Å². The van der Waals surface area contributed by atoms with E-state index in [4.69, 9.17) is 25.4 Å². The first-order chi connectivity index (χ1) is 17.1. The molecule has 0 aromatic rings. The van der Waals surface area contributed by atoms with Crippen molar-refractivity contribution >= 4 is 17.9 Å². The summed E-state index contributed by atoms with van der Waals surface area (Å²) < 4.78 is 22.7. The fourth-order valence-corrected chi connectivity index (χ4v) is 8.17. The minimum Gasteiger partial charge on any atom is -0.469 e. The average molecular weight is 499 g/mol. The minimum absolute atomic E-state index is 0.158. The van der Waals surface area contributed by atoms with E-state index >= 15 is 0 Å². The van der Waals surface area contributed by atoms with Gasteiger partial charge in [0.1, 0.15) is 17.6 Å². The van der Waals surface area contributed by atoms with E-state index in [1.807, 2.05) is 6.08 Å². The molecule has 1 aliphatic heterocycles. The molecule has 4 aliphatic carbocycles. The fraction of sp³-hybridized carbons (Fsp3) is 0.679. The molecule has 0 aromatic carbocycles. The highest BCUT2D eigenvalue weighted by molar-refractivity contribution is 5.87. The number of ether oxygens (including phenoxy) is 4. The van der Waals surface area contributed by atoms with Crippen molar-refractivity contribution in [3.63, 3.8) is 0 Å². The van der Waals surface area contributed by atoms with Gasteiger partial charge in [-0.2, -0.15) is 0 Å². The normalized spacial score (nSPS) is 43.4. The van der Waals surface area contributed by atoms with Crippen LogP contribution in [-0.4, -0.2) is 60.6 Å². The van der Waals surface area contributed by atoms with Crippen molar-refractivity contribution in [3.05, 3.63) is 24.3 Å². The number of methoxy groups -OCH3 is 1. The molecule has 4 bridgehead atoms. The number of aliphatic hydroxyl groups is 1. The Balaban J connectivity index is 1.43. The van der Waals surface area contributed by atoms with E-state index < -0.39 is 57.9 Å². The molecule has 1 spiro atoms. The van der Waals surface area contributed by atoms with Crippen LogP contribution in [0.1, 0.15) is 51.9 Å². The Morgan fingerprint density at radius 2 is 2.14 bits per heavy atom. The molecule has 194 valence electrons. The van der Waals surface area contributed by atoms with Gasteiger partial charge in [-0.3, -0.25) is 9.59 Å². The van der Waals surface area contributed by atoms with Gasteiger partial charge in [0, 0.05) is 18.3 Å². The zero-order chi connectivity index (χ0) is 25.9. The van der Waals surface area contributed by atoms with Gasteiger partial charge in [-0.05, 0) is 62.5 Å². The lowest BCUT2D eigenvalue weighted by atomic mass is 9.61. The second-order valence-corrected chi connectivity index (χ2v) is 11.3.